The molecule has 1 aliphatic heterocycles. The van der Waals surface area contributed by atoms with E-state index < -0.39 is 0 Å². The number of nitrogens with zero attached hydrogens (tertiary/aromatic N) is 1. The van der Waals surface area contributed by atoms with E-state index in [-0.39, 0.29) is 17.5 Å². The molecule has 4 heteroatoms. The van der Waals surface area contributed by atoms with Crippen molar-refractivity contribution >= 4 is 0 Å². The molecule has 1 aliphatic rings. The smallest absolute Gasteiger partial charge is 0.124 e. The van der Waals surface area contributed by atoms with Crippen molar-refractivity contribution in [3.05, 3.63) is 23.8 Å². The molecule has 0 aliphatic carbocycles. The molecule has 1 atom stereocenters. The fourth-order valence-electron chi connectivity index (χ4n) is 1.97. The minimum atomic E-state index is 0.0997. The summed E-state index contributed by atoms with van der Waals surface area (Å²) in [6, 6.07) is 4.95. The number of likely N-dealkylation sites (N-methyl/N-ethyl adjacent to an activating group) is 1. The van der Waals surface area contributed by atoms with Gasteiger partial charge in [0, 0.05) is 31.3 Å². The van der Waals surface area contributed by atoms with E-state index in [1.807, 2.05) is 7.05 Å². The lowest BCUT2D eigenvalue weighted by atomic mass is 10.0. The van der Waals surface area contributed by atoms with Crippen LogP contribution in [-0.4, -0.2) is 41.8 Å². The summed E-state index contributed by atoms with van der Waals surface area (Å²) in [7, 11) is 2.04. The molecule has 15 heavy (non-hydrogen) atoms. The number of hydrogen-bond acceptors (Lipinski definition) is 4. The maximum absolute atomic E-state index is 9.75. The van der Waals surface area contributed by atoms with Crippen LogP contribution in [0, 0.1) is 0 Å². The van der Waals surface area contributed by atoms with Crippen LogP contribution in [0.3, 0.4) is 0 Å². The molecular formula is C11H16N2O2. The maximum Gasteiger partial charge on any atom is 0.124 e. The first-order valence-corrected chi connectivity index (χ1v) is 5.11. The number of aromatic hydroxyl groups is 2. The molecule has 1 unspecified atom stereocenters. The highest BCUT2D eigenvalue weighted by molar-refractivity contribution is 5.41. The third-order valence-corrected chi connectivity index (χ3v) is 2.88. The van der Waals surface area contributed by atoms with E-state index in [2.05, 4.69) is 10.2 Å². The van der Waals surface area contributed by atoms with Crippen LogP contribution in [0.4, 0.5) is 0 Å². The molecule has 4 nitrogen and oxygen atoms in total. The molecule has 2 rings (SSSR count). The molecule has 1 heterocycles. The number of piperazine rings is 1. The van der Waals surface area contributed by atoms with Gasteiger partial charge < -0.3 is 15.5 Å². The van der Waals surface area contributed by atoms with Gasteiger partial charge in [-0.15, -0.1) is 0 Å². The first-order valence-electron chi connectivity index (χ1n) is 5.11. The van der Waals surface area contributed by atoms with Crippen LogP contribution in [0.1, 0.15) is 11.6 Å². The van der Waals surface area contributed by atoms with Crippen molar-refractivity contribution in [2.45, 2.75) is 6.04 Å². The van der Waals surface area contributed by atoms with Crippen molar-refractivity contribution in [3.8, 4) is 11.5 Å². The molecule has 1 fully saturated rings. The number of benzene rings is 1. The van der Waals surface area contributed by atoms with Crippen LogP contribution < -0.4 is 5.32 Å². The Morgan fingerprint density at radius 1 is 1.40 bits per heavy atom. The molecule has 82 valence electrons. The Kier molecular flexibility index (Phi) is 2.79. The molecule has 1 aromatic rings. The number of hydrogen-bond donors (Lipinski definition) is 3. The lowest BCUT2D eigenvalue weighted by Gasteiger charge is -2.33. The molecular weight excluding hydrogens is 192 g/mol. The Labute approximate surface area is 89.1 Å². The van der Waals surface area contributed by atoms with Gasteiger partial charge in [0.1, 0.15) is 11.5 Å². The summed E-state index contributed by atoms with van der Waals surface area (Å²) in [5.74, 6) is 0.262. The second kappa shape index (κ2) is 4.08. The van der Waals surface area contributed by atoms with E-state index in [4.69, 9.17) is 0 Å². The number of phenols is 2. The Bertz CT molecular complexity index is 354. The van der Waals surface area contributed by atoms with Crippen molar-refractivity contribution in [1.82, 2.24) is 10.2 Å². The number of rotatable bonds is 1. The quantitative estimate of drug-likeness (QED) is 0.635. The number of phenolic OH excluding ortho intramolecular Hbond substituents is 2. The molecule has 0 aromatic heterocycles. The van der Waals surface area contributed by atoms with Crippen LogP contribution in [0.2, 0.25) is 0 Å². The summed E-state index contributed by atoms with van der Waals surface area (Å²) in [4.78, 5) is 2.20. The molecule has 0 spiro atoms. The van der Waals surface area contributed by atoms with Crippen LogP contribution in [0.15, 0.2) is 18.2 Å². The highest BCUT2D eigenvalue weighted by Crippen LogP contribution is 2.31. The van der Waals surface area contributed by atoms with Crippen LogP contribution in [-0.2, 0) is 0 Å². The Balaban J connectivity index is 2.27. The topological polar surface area (TPSA) is 55.7 Å². The second-order valence-corrected chi connectivity index (χ2v) is 3.94. The molecule has 0 radical (unpaired) electrons. The Morgan fingerprint density at radius 2 is 2.20 bits per heavy atom. The van der Waals surface area contributed by atoms with Crippen molar-refractivity contribution in [1.29, 1.82) is 0 Å². The average molecular weight is 208 g/mol. The summed E-state index contributed by atoms with van der Waals surface area (Å²) in [6.07, 6.45) is 0. The molecule has 0 amide bonds. The molecule has 1 aromatic carbocycles. The molecule has 0 bridgehead atoms. The third-order valence-electron chi connectivity index (χ3n) is 2.88. The van der Waals surface area contributed by atoms with E-state index >= 15 is 0 Å². The van der Waals surface area contributed by atoms with Crippen molar-refractivity contribution in [2.75, 3.05) is 26.7 Å². The fourth-order valence-corrected chi connectivity index (χ4v) is 1.97. The summed E-state index contributed by atoms with van der Waals surface area (Å²) in [5, 5.41) is 22.2. The first kappa shape index (κ1) is 10.3. The van der Waals surface area contributed by atoms with Crippen LogP contribution in [0.25, 0.3) is 0 Å². The van der Waals surface area contributed by atoms with Gasteiger partial charge in [0.15, 0.2) is 0 Å². The largest absolute Gasteiger partial charge is 0.508 e. The van der Waals surface area contributed by atoms with Gasteiger partial charge >= 0.3 is 0 Å². The van der Waals surface area contributed by atoms with Gasteiger partial charge in [-0.25, -0.2) is 0 Å². The van der Waals surface area contributed by atoms with Crippen LogP contribution >= 0.6 is 0 Å². The van der Waals surface area contributed by atoms with Crippen molar-refractivity contribution in [2.24, 2.45) is 0 Å². The highest BCUT2D eigenvalue weighted by Gasteiger charge is 2.22. The summed E-state index contributed by atoms with van der Waals surface area (Å²) < 4.78 is 0. The first-order chi connectivity index (χ1) is 7.18. The lowest BCUT2D eigenvalue weighted by molar-refractivity contribution is 0.198. The SMILES string of the molecule is CN1CCNCC1c1ccc(O)cc1O. The van der Waals surface area contributed by atoms with Gasteiger partial charge in [-0.05, 0) is 13.1 Å². The zero-order chi connectivity index (χ0) is 10.8. The second-order valence-electron chi connectivity index (χ2n) is 3.94. The normalized spacial score (nSPS) is 22.9. The van der Waals surface area contributed by atoms with Gasteiger partial charge in [0.2, 0.25) is 0 Å². The minimum Gasteiger partial charge on any atom is -0.508 e. The Morgan fingerprint density at radius 3 is 2.87 bits per heavy atom. The average Bonchev–Trinajstić information content (AvgIpc) is 2.20. The van der Waals surface area contributed by atoms with E-state index in [1.165, 1.54) is 6.07 Å². The van der Waals surface area contributed by atoms with E-state index in [0.717, 1.165) is 25.2 Å². The third kappa shape index (κ3) is 2.06. The number of nitrogens with one attached hydrogen (secondary N) is 1. The fraction of sp³-hybridized carbons (Fsp3) is 0.455. The molecule has 3 N–H and O–H groups in total. The van der Waals surface area contributed by atoms with E-state index in [1.54, 1.807) is 12.1 Å². The van der Waals surface area contributed by atoms with Gasteiger partial charge in [0.25, 0.3) is 0 Å². The molecule has 1 saturated heterocycles. The predicted octanol–water partition coefficient (Wildman–Crippen LogP) is 0.674. The summed E-state index contributed by atoms with van der Waals surface area (Å²) in [6.45, 7) is 2.77. The van der Waals surface area contributed by atoms with Crippen molar-refractivity contribution in [3.63, 3.8) is 0 Å². The van der Waals surface area contributed by atoms with E-state index in [9.17, 15) is 10.2 Å². The van der Waals surface area contributed by atoms with Crippen LogP contribution in [0.5, 0.6) is 11.5 Å². The zero-order valence-corrected chi connectivity index (χ0v) is 8.77. The molecule has 0 saturated carbocycles. The van der Waals surface area contributed by atoms with Gasteiger partial charge in [0.05, 0.1) is 6.04 Å². The van der Waals surface area contributed by atoms with Gasteiger partial charge in [-0.1, -0.05) is 6.07 Å². The highest BCUT2D eigenvalue weighted by atomic mass is 16.3. The zero-order valence-electron chi connectivity index (χ0n) is 8.77. The summed E-state index contributed by atoms with van der Waals surface area (Å²) in [5.41, 5.74) is 0.863. The summed E-state index contributed by atoms with van der Waals surface area (Å²) >= 11 is 0. The Hall–Kier alpha value is -1.26. The van der Waals surface area contributed by atoms with Gasteiger partial charge in [-0.2, -0.15) is 0 Å². The minimum absolute atomic E-state index is 0.0997. The maximum atomic E-state index is 9.75. The van der Waals surface area contributed by atoms with E-state index in [0.29, 0.717) is 0 Å². The monoisotopic (exact) mass is 208 g/mol. The standard InChI is InChI=1S/C11H16N2O2/c1-13-5-4-12-7-10(13)9-3-2-8(14)6-11(9)15/h2-3,6,10,12,14-15H,4-5,7H2,1H3. The van der Waals surface area contributed by atoms with Gasteiger partial charge in [-0.3, -0.25) is 4.90 Å². The van der Waals surface area contributed by atoms with Crippen molar-refractivity contribution < 1.29 is 10.2 Å². The lowest BCUT2D eigenvalue weighted by Crippen LogP contribution is -2.43. The predicted molar refractivity (Wildman–Crippen MR) is 58.0 cm³/mol.